The van der Waals surface area contributed by atoms with E-state index in [1.54, 1.807) is 60.7 Å². The normalized spacial score (nSPS) is 10.8. The van der Waals surface area contributed by atoms with E-state index in [2.05, 4.69) is 0 Å². The summed E-state index contributed by atoms with van der Waals surface area (Å²) < 4.78 is 22.9. The predicted molar refractivity (Wildman–Crippen MR) is 143 cm³/mol. The average molecular weight is 568 g/mol. The molecule has 0 aliphatic heterocycles. The number of carbonyl (C=O) groups excluding carboxylic acids is 2. The van der Waals surface area contributed by atoms with Gasteiger partial charge in [-0.2, -0.15) is 0 Å². The maximum Gasteiger partial charge on any atom is 1.00 e. The molecule has 0 radical (unpaired) electrons. The summed E-state index contributed by atoms with van der Waals surface area (Å²) in [6, 6.07) is 25.2. The molecule has 0 amide bonds. The van der Waals surface area contributed by atoms with Gasteiger partial charge in [0.1, 0.15) is 23.0 Å². The largest absolute Gasteiger partial charge is 1.00 e. The Kier molecular flexibility index (Phi) is 11.1. The first-order valence-electron chi connectivity index (χ1n) is 12.2. The van der Waals surface area contributed by atoms with Crippen molar-refractivity contribution in [1.82, 2.24) is 0 Å². The maximum atomic E-state index is 12.6. The Morgan fingerprint density at radius 1 is 0.650 bits per heavy atom. The zero-order valence-corrected chi connectivity index (χ0v) is 24.8. The van der Waals surface area contributed by atoms with Crippen molar-refractivity contribution in [3.8, 4) is 23.0 Å². The van der Waals surface area contributed by atoms with Crippen molar-refractivity contribution < 1.29 is 67.9 Å². The van der Waals surface area contributed by atoms with Gasteiger partial charge in [0.05, 0.1) is 11.1 Å². The Labute approximate surface area is 254 Å². The molecule has 40 heavy (non-hydrogen) atoms. The number of benzene rings is 4. The molecule has 0 bridgehead atoms. The summed E-state index contributed by atoms with van der Waals surface area (Å²) in [5.41, 5.74) is 1.80. The van der Waals surface area contributed by atoms with E-state index in [1.807, 2.05) is 0 Å². The minimum atomic E-state index is -4.81. The van der Waals surface area contributed by atoms with Crippen LogP contribution in [-0.2, 0) is 17.4 Å². The predicted octanol–water partition coefficient (Wildman–Crippen LogP) is 2.66. The second kappa shape index (κ2) is 14.3. The minimum absolute atomic E-state index is 0. The molecule has 0 saturated heterocycles. The molecule has 10 heteroatoms. The number of para-hydroxylation sites is 2. The van der Waals surface area contributed by atoms with Crippen LogP contribution in [0.4, 0.5) is 0 Å². The Morgan fingerprint density at radius 3 is 1.45 bits per heavy atom. The number of ketones is 2. The number of aromatic hydroxyl groups is 2. The molecule has 0 fully saturated rings. The maximum absolute atomic E-state index is 12.6. The quantitative estimate of drug-likeness (QED) is 0.151. The van der Waals surface area contributed by atoms with Gasteiger partial charge in [-0.25, -0.2) is 4.57 Å². The van der Waals surface area contributed by atoms with Gasteiger partial charge < -0.3 is 24.2 Å². The number of phenolic OH excluding ortho intramolecular Hbond substituents is 2. The fraction of sp³-hybridized carbons (Fsp3) is 0.133. The van der Waals surface area contributed by atoms with Crippen LogP contribution in [0, 0.1) is 0 Å². The van der Waals surface area contributed by atoms with Crippen molar-refractivity contribution in [2.24, 2.45) is 0 Å². The molecule has 0 aliphatic rings. The Hall–Kier alpha value is -3.39. The number of rotatable bonds is 12. The number of aryl methyl sites for hydroxylation is 2. The van der Waals surface area contributed by atoms with Gasteiger partial charge in [-0.3, -0.25) is 9.59 Å². The first-order chi connectivity index (χ1) is 18.7. The summed E-state index contributed by atoms with van der Waals surface area (Å²) in [5.74, 6) is -0.584. The Bertz CT molecular complexity index is 1430. The summed E-state index contributed by atoms with van der Waals surface area (Å²) in [6.45, 7) is 0. The molecular formula is C30H26NaO8P. The van der Waals surface area contributed by atoms with Crippen LogP contribution in [0.2, 0.25) is 0 Å². The van der Waals surface area contributed by atoms with Crippen LogP contribution in [0.1, 0.15) is 44.7 Å². The van der Waals surface area contributed by atoms with Crippen molar-refractivity contribution in [3.05, 3.63) is 119 Å². The van der Waals surface area contributed by atoms with Crippen LogP contribution < -0.4 is 43.5 Å². The van der Waals surface area contributed by atoms with E-state index in [-0.39, 0.29) is 88.1 Å². The van der Waals surface area contributed by atoms with Crippen LogP contribution in [0.5, 0.6) is 23.0 Å². The van der Waals surface area contributed by atoms with Crippen LogP contribution in [0.15, 0.2) is 97.1 Å². The molecule has 2 N–H and O–H groups in total. The summed E-state index contributed by atoms with van der Waals surface area (Å²) in [5, 5.41) is 19.7. The van der Waals surface area contributed by atoms with Crippen molar-refractivity contribution in [2.75, 3.05) is 0 Å². The molecule has 4 aromatic rings. The Morgan fingerprint density at radius 2 is 1.05 bits per heavy atom. The third-order valence-electron chi connectivity index (χ3n) is 5.92. The fourth-order valence-corrected chi connectivity index (χ4v) is 4.78. The topological polar surface area (TPSA) is 133 Å². The SMILES string of the molecule is O=C(CCc1cccc(OP(=O)([O-])Oc2cccc(CCC(=O)c3ccccc3O)c2)c1)c1ccccc1O.[Na+]. The summed E-state index contributed by atoms with van der Waals surface area (Å²) in [7, 11) is -4.81. The van der Waals surface area contributed by atoms with Crippen molar-refractivity contribution in [3.63, 3.8) is 0 Å². The number of phosphoric ester groups is 1. The molecule has 0 saturated carbocycles. The second-order valence-electron chi connectivity index (χ2n) is 8.81. The zero-order valence-electron chi connectivity index (χ0n) is 21.9. The van der Waals surface area contributed by atoms with Crippen LogP contribution in [0.3, 0.4) is 0 Å². The molecule has 8 nitrogen and oxygen atoms in total. The molecule has 4 rings (SSSR count). The van der Waals surface area contributed by atoms with Crippen LogP contribution >= 0.6 is 7.82 Å². The first kappa shape index (κ1) is 31.1. The van der Waals surface area contributed by atoms with Crippen molar-refractivity contribution in [1.29, 1.82) is 0 Å². The van der Waals surface area contributed by atoms with E-state index in [0.717, 1.165) is 0 Å². The van der Waals surface area contributed by atoms with E-state index in [4.69, 9.17) is 9.05 Å². The third-order valence-corrected chi connectivity index (χ3v) is 6.79. The number of Topliss-reactive ketones (excluding diaryl/α,β-unsaturated/α-hetero) is 2. The standard InChI is InChI=1S/C30H27O8P.Na/c31-27-13-3-1-11-25(27)29(33)17-15-21-7-5-9-23(19-21)37-39(35,36)38-24-10-6-8-22(20-24)16-18-30(34)26-12-2-4-14-28(26)32;/h1-14,19-20,31-32H,15-18H2,(H,35,36);/q;+1/p-1. The molecule has 0 aliphatic carbocycles. The Balaban J connectivity index is 0.00000441. The number of hydrogen-bond donors (Lipinski definition) is 2. The third kappa shape index (κ3) is 8.81. The summed E-state index contributed by atoms with van der Waals surface area (Å²) in [4.78, 5) is 37.4. The van der Waals surface area contributed by atoms with Gasteiger partial charge in [-0.1, -0.05) is 48.5 Å². The number of phenols is 2. The number of hydrogen-bond acceptors (Lipinski definition) is 8. The van der Waals surface area contributed by atoms with Crippen molar-refractivity contribution >= 4 is 19.4 Å². The molecule has 0 aromatic heterocycles. The van der Waals surface area contributed by atoms with Gasteiger partial charge in [0.15, 0.2) is 11.6 Å². The monoisotopic (exact) mass is 568 g/mol. The molecule has 0 atom stereocenters. The van der Waals surface area contributed by atoms with Gasteiger partial charge in [0, 0.05) is 12.8 Å². The molecule has 0 heterocycles. The number of carbonyl (C=O) groups is 2. The van der Waals surface area contributed by atoms with Gasteiger partial charge in [0.25, 0.3) is 0 Å². The summed E-state index contributed by atoms with van der Waals surface area (Å²) >= 11 is 0. The van der Waals surface area contributed by atoms with Gasteiger partial charge in [-0.05, 0) is 72.5 Å². The molecule has 0 unspecified atom stereocenters. The van der Waals surface area contributed by atoms with Gasteiger partial charge in [-0.15, -0.1) is 0 Å². The van der Waals surface area contributed by atoms with Gasteiger partial charge >= 0.3 is 37.4 Å². The zero-order chi connectivity index (χ0) is 27.8. The minimum Gasteiger partial charge on any atom is -0.736 e. The van der Waals surface area contributed by atoms with E-state index in [9.17, 15) is 29.3 Å². The smallest absolute Gasteiger partial charge is 0.736 e. The van der Waals surface area contributed by atoms with Crippen LogP contribution in [-0.4, -0.2) is 21.8 Å². The molecule has 0 spiro atoms. The summed E-state index contributed by atoms with van der Waals surface area (Å²) in [6.07, 6.45) is 0.864. The van der Waals surface area contributed by atoms with Crippen molar-refractivity contribution in [2.45, 2.75) is 25.7 Å². The molecule has 200 valence electrons. The molecule has 4 aromatic carbocycles. The fourth-order valence-electron chi connectivity index (χ4n) is 4.00. The molecular weight excluding hydrogens is 542 g/mol. The van der Waals surface area contributed by atoms with E-state index < -0.39 is 7.82 Å². The van der Waals surface area contributed by atoms with E-state index >= 15 is 0 Å². The number of phosphoric acid groups is 1. The first-order valence-corrected chi connectivity index (χ1v) is 13.7. The van der Waals surface area contributed by atoms with E-state index in [1.165, 1.54) is 36.4 Å². The average Bonchev–Trinajstić information content (AvgIpc) is 2.91. The second-order valence-corrected chi connectivity index (χ2v) is 10.1. The van der Waals surface area contributed by atoms with Gasteiger partial charge in [0.2, 0.25) is 0 Å². The van der Waals surface area contributed by atoms with Crippen LogP contribution in [0.25, 0.3) is 0 Å². The van der Waals surface area contributed by atoms with E-state index in [0.29, 0.717) is 24.0 Å².